The summed E-state index contributed by atoms with van der Waals surface area (Å²) in [6.07, 6.45) is 0.421. The highest BCUT2D eigenvalue weighted by molar-refractivity contribution is 7.89. The lowest BCUT2D eigenvalue weighted by atomic mass is 10.2. The van der Waals surface area contributed by atoms with E-state index in [2.05, 4.69) is 5.32 Å². The summed E-state index contributed by atoms with van der Waals surface area (Å²) in [6.45, 7) is 6.81. The van der Waals surface area contributed by atoms with Crippen LogP contribution in [0.5, 0.6) is 0 Å². The van der Waals surface area contributed by atoms with E-state index >= 15 is 0 Å². The maximum absolute atomic E-state index is 12.3. The standard InChI is InChI=1S/C18H28N4O5S/c1-14(2)13-27-18(24)22-8-4-7-21(9-10-22)12-17(23)20-15-5-3-6-16(11-15)28(19,25)26/h3,5-6,11,14H,4,7-10,12-13H2,1-2H3,(H,20,23)(H2,19,25,26). The number of carbonyl (C=O) groups is 2. The number of nitrogens with zero attached hydrogens (tertiary/aromatic N) is 2. The second-order valence-corrected chi connectivity index (χ2v) is 8.77. The monoisotopic (exact) mass is 412 g/mol. The Kier molecular flexibility index (Phi) is 7.78. The zero-order chi connectivity index (χ0) is 20.7. The van der Waals surface area contributed by atoms with Crippen molar-refractivity contribution in [1.82, 2.24) is 9.80 Å². The minimum absolute atomic E-state index is 0.0596. The van der Waals surface area contributed by atoms with Crippen molar-refractivity contribution in [3.63, 3.8) is 0 Å². The van der Waals surface area contributed by atoms with Gasteiger partial charge in [-0.2, -0.15) is 0 Å². The molecule has 3 N–H and O–H groups in total. The van der Waals surface area contributed by atoms with E-state index in [9.17, 15) is 18.0 Å². The molecular weight excluding hydrogens is 384 g/mol. The van der Waals surface area contributed by atoms with Gasteiger partial charge in [0.15, 0.2) is 0 Å². The van der Waals surface area contributed by atoms with Gasteiger partial charge in [0, 0.05) is 31.9 Å². The Hall–Kier alpha value is -2.17. The number of benzene rings is 1. The van der Waals surface area contributed by atoms with Crippen molar-refractivity contribution < 1.29 is 22.7 Å². The van der Waals surface area contributed by atoms with Gasteiger partial charge in [0.25, 0.3) is 0 Å². The van der Waals surface area contributed by atoms with Gasteiger partial charge in [-0.15, -0.1) is 0 Å². The Morgan fingerprint density at radius 2 is 1.96 bits per heavy atom. The first-order valence-corrected chi connectivity index (χ1v) is 10.8. The maximum Gasteiger partial charge on any atom is 0.409 e. The average Bonchev–Trinajstić information content (AvgIpc) is 2.84. The van der Waals surface area contributed by atoms with Crippen molar-refractivity contribution in [3.8, 4) is 0 Å². The molecule has 10 heteroatoms. The fraction of sp³-hybridized carbons (Fsp3) is 0.556. The summed E-state index contributed by atoms with van der Waals surface area (Å²) >= 11 is 0. The second kappa shape index (κ2) is 9.85. The molecule has 1 heterocycles. The molecule has 1 aromatic rings. The Labute approximate surface area is 165 Å². The molecule has 0 atom stereocenters. The third-order valence-electron chi connectivity index (χ3n) is 4.20. The van der Waals surface area contributed by atoms with Gasteiger partial charge in [-0.05, 0) is 30.5 Å². The van der Waals surface area contributed by atoms with E-state index in [1.807, 2.05) is 18.7 Å². The fourth-order valence-electron chi connectivity index (χ4n) is 2.80. The quantitative estimate of drug-likeness (QED) is 0.721. The van der Waals surface area contributed by atoms with E-state index in [1.165, 1.54) is 18.2 Å². The molecule has 1 saturated heterocycles. The lowest BCUT2D eigenvalue weighted by Gasteiger charge is -2.21. The lowest BCUT2D eigenvalue weighted by molar-refractivity contribution is -0.117. The molecule has 28 heavy (non-hydrogen) atoms. The molecule has 2 amide bonds. The number of hydrogen-bond donors (Lipinski definition) is 2. The van der Waals surface area contributed by atoms with Crippen LogP contribution in [0.4, 0.5) is 10.5 Å². The van der Waals surface area contributed by atoms with Crippen molar-refractivity contribution in [2.24, 2.45) is 11.1 Å². The smallest absolute Gasteiger partial charge is 0.409 e. The van der Waals surface area contributed by atoms with Gasteiger partial charge in [0.05, 0.1) is 18.0 Å². The number of primary sulfonamides is 1. The Balaban J connectivity index is 1.85. The highest BCUT2D eigenvalue weighted by Crippen LogP contribution is 2.14. The van der Waals surface area contributed by atoms with E-state index in [1.54, 1.807) is 11.0 Å². The minimum Gasteiger partial charge on any atom is -0.449 e. The number of sulfonamides is 1. The molecule has 1 aliphatic heterocycles. The number of hydrogen-bond acceptors (Lipinski definition) is 6. The van der Waals surface area contributed by atoms with Gasteiger partial charge in [0.1, 0.15) is 0 Å². The van der Waals surface area contributed by atoms with Gasteiger partial charge in [-0.1, -0.05) is 19.9 Å². The fourth-order valence-corrected chi connectivity index (χ4v) is 3.35. The van der Waals surface area contributed by atoms with Crippen LogP contribution in [0.3, 0.4) is 0 Å². The molecule has 0 aromatic heterocycles. The number of anilines is 1. The number of amides is 2. The number of carbonyl (C=O) groups excluding carboxylic acids is 2. The average molecular weight is 413 g/mol. The predicted octanol–water partition coefficient (Wildman–Crippen LogP) is 1.07. The molecular formula is C18H28N4O5S. The maximum atomic E-state index is 12.3. The summed E-state index contributed by atoms with van der Waals surface area (Å²) in [4.78, 5) is 27.9. The molecule has 1 fully saturated rings. The zero-order valence-corrected chi connectivity index (χ0v) is 17.1. The van der Waals surface area contributed by atoms with E-state index < -0.39 is 10.0 Å². The first-order valence-electron chi connectivity index (χ1n) is 9.22. The van der Waals surface area contributed by atoms with Crippen molar-refractivity contribution in [3.05, 3.63) is 24.3 Å². The molecule has 156 valence electrons. The SMILES string of the molecule is CC(C)COC(=O)N1CCCN(CC(=O)Nc2cccc(S(N)(=O)=O)c2)CC1. The molecule has 0 unspecified atom stereocenters. The minimum atomic E-state index is -3.83. The van der Waals surface area contributed by atoms with E-state index in [0.717, 1.165) is 6.42 Å². The second-order valence-electron chi connectivity index (χ2n) is 7.21. The summed E-state index contributed by atoms with van der Waals surface area (Å²) in [6, 6.07) is 5.80. The van der Waals surface area contributed by atoms with Crippen LogP contribution < -0.4 is 10.5 Å². The topological polar surface area (TPSA) is 122 Å². The van der Waals surface area contributed by atoms with Gasteiger partial charge in [0.2, 0.25) is 15.9 Å². The van der Waals surface area contributed by atoms with Crippen molar-refractivity contribution in [1.29, 1.82) is 0 Å². The lowest BCUT2D eigenvalue weighted by Crippen LogP contribution is -2.38. The van der Waals surface area contributed by atoms with Crippen molar-refractivity contribution in [2.75, 3.05) is 44.6 Å². The van der Waals surface area contributed by atoms with E-state index in [4.69, 9.17) is 9.88 Å². The number of nitrogens with one attached hydrogen (secondary N) is 1. The van der Waals surface area contributed by atoms with Crippen LogP contribution in [0.25, 0.3) is 0 Å². The molecule has 0 saturated carbocycles. The highest BCUT2D eigenvalue weighted by atomic mass is 32.2. The van der Waals surface area contributed by atoms with E-state index in [-0.39, 0.29) is 29.4 Å². The van der Waals surface area contributed by atoms with Gasteiger partial charge in [-0.3, -0.25) is 9.69 Å². The molecule has 2 rings (SSSR count). The normalized spacial score (nSPS) is 15.9. The highest BCUT2D eigenvalue weighted by Gasteiger charge is 2.21. The van der Waals surface area contributed by atoms with Gasteiger partial charge < -0.3 is 15.0 Å². The molecule has 1 aromatic carbocycles. The molecule has 0 bridgehead atoms. The van der Waals surface area contributed by atoms with Crippen molar-refractivity contribution in [2.45, 2.75) is 25.2 Å². The number of rotatable bonds is 6. The van der Waals surface area contributed by atoms with Crippen LogP contribution in [0, 0.1) is 5.92 Å². The first-order chi connectivity index (χ1) is 13.1. The molecule has 9 nitrogen and oxygen atoms in total. The Bertz CT molecular complexity index is 797. The number of nitrogens with two attached hydrogens (primary N) is 1. The third kappa shape index (κ3) is 7.10. The Morgan fingerprint density at radius 1 is 1.21 bits per heavy atom. The largest absolute Gasteiger partial charge is 0.449 e. The molecule has 0 spiro atoms. The third-order valence-corrected chi connectivity index (χ3v) is 5.11. The van der Waals surface area contributed by atoms with Crippen LogP contribution >= 0.6 is 0 Å². The molecule has 0 aliphatic carbocycles. The predicted molar refractivity (Wildman–Crippen MR) is 105 cm³/mol. The number of ether oxygens (including phenoxy) is 1. The van der Waals surface area contributed by atoms with Crippen molar-refractivity contribution >= 4 is 27.7 Å². The zero-order valence-electron chi connectivity index (χ0n) is 16.3. The molecule has 1 aliphatic rings. The molecule has 0 radical (unpaired) electrons. The van der Waals surface area contributed by atoms with Gasteiger partial charge in [-0.25, -0.2) is 18.4 Å². The van der Waals surface area contributed by atoms with Crippen LogP contribution in [0.2, 0.25) is 0 Å². The summed E-state index contributed by atoms with van der Waals surface area (Å²) in [5, 5.41) is 7.79. The van der Waals surface area contributed by atoms with Gasteiger partial charge >= 0.3 is 6.09 Å². The summed E-state index contributed by atoms with van der Waals surface area (Å²) in [5.74, 6) is 0.0197. The van der Waals surface area contributed by atoms with Crippen LogP contribution in [-0.4, -0.2) is 69.5 Å². The van der Waals surface area contributed by atoms with Crippen LogP contribution in [0.1, 0.15) is 20.3 Å². The Morgan fingerprint density at radius 3 is 2.64 bits per heavy atom. The summed E-state index contributed by atoms with van der Waals surface area (Å²) in [5.41, 5.74) is 0.366. The van der Waals surface area contributed by atoms with Crippen LogP contribution in [-0.2, 0) is 19.6 Å². The van der Waals surface area contributed by atoms with E-state index in [0.29, 0.717) is 38.5 Å². The van der Waals surface area contributed by atoms with Crippen LogP contribution in [0.15, 0.2) is 29.2 Å². The summed E-state index contributed by atoms with van der Waals surface area (Å²) < 4.78 is 28.1. The summed E-state index contributed by atoms with van der Waals surface area (Å²) in [7, 11) is -3.83. The first kappa shape index (κ1) is 22.1.